The van der Waals surface area contributed by atoms with Crippen LogP contribution in [0.3, 0.4) is 0 Å². The molecule has 21 heavy (non-hydrogen) atoms. The van der Waals surface area contributed by atoms with Crippen molar-refractivity contribution >= 4 is 5.78 Å². The van der Waals surface area contributed by atoms with Crippen LogP contribution >= 0.6 is 0 Å². The summed E-state index contributed by atoms with van der Waals surface area (Å²) in [5, 5.41) is 0. The van der Waals surface area contributed by atoms with Crippen LogP contribution in [0.25, 0.3) is 0 Å². The molecule has 1 heterocycles. The summed E-state index contributed by atoms with van der Waals surface area (Å²) in [5.41, 5.74) is 1.22. The molecule has 1 unspecified atom stereocenters. The third kappa shape index (κ3) is 2.75. The van der Waals surface area contributed by atoms with E-state index in [1.807, 2.05) is 31.2 Å². The quantitative estimate of drug-likeness (QED) is 0.857. The Balaban J connectivity index is 1.85. The van der Waals surface area contributed by atoms with E-state index >= 15 is 0 Å². The average Bonchev–Trinajstić information content (AvgIpc) is 2.49. The Kier molecular flexibility index (Phi) is 3.60. The van der Waals surface area contributed by atoms with Crippen LogP contribution < -0.4 is 9.47 Å². The maximum atomic E-state index is 13.2. The van der Waals surface area contributed by atoms with Crippen LogP contribution in [-0.4, -0.2) is 12.4 Å². The van der Waals surface area contributed by atoms with E-state index < -0.39 is 5.82 Å². The lowest BCUT2D eigenvalue weighted by Crippen LogP contribution is -2.20. The second-order valence-electron chi connectivity index (χ2n) is 4.88. The van der Waals surface area contributed by atoms with Gasteiger partial charge in [0.05, 0.1) is 18.6 Å². The minimum absolute atomic E-state index is 0.102. The molecule has 0 radical (unpaired) electrons. The summed E-state index contributed by atoms with van der Waals surface area (Å²) in [6.07, 6.45) is -0.129. The van der Waals surface area contributed by atoms with Gasteiger partial charge in [-0.3, -0.25) is 4.79 Å². The van der Waals surface area contributed by atoms with E-state index in [1.165, 1.54) is 18.2 Å². The van der Waals surface area contributed by atoms with Crippen LogP contribution in [0.1, 0.15) is 35.4 Å². The Bertz CT molecular complexity index is 664. The molecule has 0 spiro atoms. The first-order valence-electron chi connectivity index (χ1n) is 6.89. The van der Waals surface area contributed by atoms with Crippen LogP contribution in [-0.2, 0) is 0 Å². The minimum atomic E-state index is -0.426. The van der Waals surface area contributed by atoms with Gasteiger partial charge < -0.3 is 9.47 Å². The monoisotopic (exact) mass is 286 g/mol. The lowest BCUT2D eigenvalue weighted by Gasteiger charge is -2.25. The van der Waals surface area contributed by atoms with E-state index in [9.17, 15) is 9.18 Å². The predicted molar refractivity (Wildman–Crippen MR) is 76.3 cm³/mol. The number of benzene rings is 2. The molecule has 3 rings (SSSR count). The second kappa shape index (κ2) is 5.56. The third-order valence-corrected chi connectivity index (χ3v) is 3.44. The summed E-state index contributed by atoms with van der Waals surface area (Å²) in [6.45, 7) is 2.53. The van der Waals surface area contributed by atoms with Crippen molar-refractivity contribution in [1.82, 2.24) is 0 Å². The van der Waals surface area contributed by atoms with Crippen LogP contribution in [0.4, 0.5) is 4.39 Å². The maximum Gasteiger partial charge on any atom is 0.170 e. The smallest absolute Gasteiger partial charge is 0.170 e. The molecule has 0 saturated heterocycles. The summed E-state index contributed by atoms with van der Waals surface area (Å²) in [5.74, 6) is 0.692. The van der Waals surface area contributed by atoms with Gasteiger partial charge >= 0.3 is 0 Å². The molecule has 0 aromatic heterocycles. The Morgan fingerprint density at radius 1 is 1.24 bits per heavy atom. The molecule has 0 fully saturated rings. The van der Waals surface area contributed by atoms with Crippen molar-refractivity contribution in [3.8, 4) is 11.5 Å². The Hall–Kier alpha value is -2.36. The molecule has 1 aliphatic rings. The van der Waals surface area contributed by atoms with Gasteiger partial charge in [-0.15, -0.1) is 0 Å². The van der Waals surface area contributed by atoms with E-state index in [-0.39, 0.29) is 18.3 Å². The van der Waals surface area contributed by atoms with Gasteiger partial charge in [-0.05, 0) is 42.8 Å². The number of carbonyl (C=O) groups excluding carboxylic acids is 1. The average molecular weight is 286 g/mol. The van der Waals surface area contributed by atoms with Crippen molar-refractivity contribution < 1.29 is 18.7 Å². The number of carbonyl (C=O) groups is 1. The van der Waals surface area contributed by atoms with E-state index in [0.29, 0.717) is 17.9 Å². The van der Waals surface area contributed by atoms with Crippen molar-refractivity contribution in [3.05, 3.63) is 59.4 Å². The van der Waals surface area contributed by atoms with Gasteiger partial charge in [0.2, 0.25) is 0 Å². The van der Waals surface area contributed by atoms with Gasteiger partial charge in [0.15, 0.2) is 5.78 Å². The lowest BCUT2D eigenvalue weighted by atomic mass is 9.96. The predicted octanol–water partition coefficient (Wildman–Crippen LogP) is 3.93. The molecular formula is C17H15FO3. The van der Waals surface area contributed by atoms with Crippen LogP contribution in [0.15, 0.2) is 42.5 Å². The number of rotatable bonds is 3. The SMILES string of the molecule is CCOc1ccc(C2CC(=O)c3cc(F)ccc3O2)cc1. The molecule has 2 aromatic carbocycles. The summed E-state index contributed by atoms with van der Waals surface area (Å²) >= 11 is 0. The fraction of sp³-hybridized carbons (Fsp3) is 0.235. The van der Waals surface area contributed by atoms with E-state index in [1.54, 1.807) is 0 Å². The van der Waals surface area contributed by atoms with E-state index in [0.717, 1.165) is 11.3 Å². The molecule has 4 heteroatoms. The molecule has 108 valence electrons. The molecule has 0 aliphatic carbocycles. The topological polar surface area (TPSA) is 35.5 Å². The molecule has 1 atom stereocenters. The van der Waals surface area contributed by atoms with Gasteiger partial charge in [-0.1, -0.05) is 12.1 Å². The number of hydrogen-bond acceptors (Lipinski definition) is 3. The number of halogens is 1. The standard InChI is InChI=1S/C17H15FO3/c1-2-20-13-6-3-11(4-7-13)17-10-15(19)14-9-12(18)5-8-16(14)21-17/h3-9,17H,2,10H2,1H3. The van der Waals surface area contributed by atoms with Gasteiger partial charge in [-0.25, -0.2) is 4.39 Å². The summed E-state index contributed by atoms with van der Waals surface area (Å²) in [7, 11) is 0. The first kappa shape index (κ1) is 13.6. The fourth-order valence-corrected chi connectivity index (χ4v) is 2.43. The molecule has 3 nitrogen and oxygen atoms in total. The maximum absolute atomic E-state index is 13.2. The molecular weight excluding hydrogens is 271 g/mol. The van der Waals surface area contributed by atoms with Crippen molar-refractivity contribution in [2.45, 2.75) is 19.4 Å². The number of ether oxygens (including phenoxy) is 2. The highest BCUT2D eigenvalue weighted by molar-refractivity contribution is 6.00. The highest BCUT2D eigenvalue weighted by Crippen LogP contribution is 2.35. The molecule has 0 amide bonds. The summed E-state index contributed by atoms with van der Waals surface area (Å²) in [6, 6.07) is 11.5. The molecule has 1 aliphatic heterocycles. The van der Waals surface area contributed by atoms with Crippen LogP contribution in [0.5, 0.6) is 11.5 Å². The van der Waals surface area contributed by atoms with Gasteiger partial charge in [-0.2, -0.15) is 0 Å². The Labute approximate surface area is 122 Å². The Morgan fingerprint density at radius 2 is 2.00 bits per heavy atom. The number of fused-ring (bicyclic) bond motifs is 1. The largest absolute Gasteiger partial charge is 0.494 e. The van der Waals surface area contributed by atoms with Crippen LogP contribution in [0.2, 0.25) is 0 Å². The van der Waals surface area contributed by atoms with Crippen molar-refractivity contribution in [2.24, 2.45) is 0 Å². The zero-order chi connectivity index (χ0) is 14.8. The van der Waals surface area contributed by atoms with Crippen molar-refractivity contribution in [2.75, 3.05) is 6.61 Å². The highest BCUT2D eigenvalue weighted by atomic mass is 19.1. The fourth-order valence-electron chi connectivity index (χ4n) is 2.43. The van der Waals surface area contributed by atoms with E-state index in [2.05, 4.69) is 0 Å². The van der Waals surface area contributed by atoms with Crippen LogP contribution in [0, 0.1) is 5.82 Å². The van der Waals surface area contributed by atoms with E-state index in [4.69, 9.17) is 9.47 Å². The summed E-state index contributed by atoms with van der Waals surface area (Å²) < 4.78 is 24.4. The normalized spacial score (nSPS) is 17.0. The molecule has 0 N–H and O–H groups in total. The van der Waals surface area contributed by atoms with Gasteiger partial charge in [0.25, 0.3) is 0 Å². The Morgan fingerprint density at radius 3 is 2.71 bits per heavy atom. The number of hydrogen-bond donors (Lipinski definition) is 0. The number of Topliss-reactive ketones (excluding diaryl/α,β-unsaturated/α-hetero) is 1. The zero-order valence-electron chi connectivity index (χ0n) is 11.6. The first-order valence-corrected chi connectivity index (χ1v) is 6.89. The molecule has 2 aromatic rings. The zero-order valence-corrected chi connectivity index (χ0v) is 11.6. The van der Waals surface area contributed by atoms with Crippen molar-refractivity contribution in [3.63, 3.8) is 0 Å². The second-order valence-corrected chi connectivity index (χ2v) is 4.88. The molecule has 0 bridgehead atoms. The van der Waals surface area contributed by atoms with Gasteiger partial charge in [0.1, 0.15) is 23.4 Å². The van der Waals surface area contributed by atoms with Gasteiger partial charge in [0, 0.05) is 0 Å². The van der Waals surface area contributed by atoms with Crippen molar-refractivity contribution in [1.29, 1.82) is 0 Å². The molecule has 0 saturated carbocycles. The third-order valence-electron chi connectivity index (χ3n) is 3.44. The minimum Gasteiger partial charge on any atom is -0.494 e. The summed E-state index contributed by atoms with van der Waals surface area (Å²) in [4.78, 5) is 12.1. The highest BCUT2D eigenvalue weighted by Gasteiger charge is 2.27. The lowest BCUT2D eigenvalue weighted by molar-refractivity contribution is 0.0849. The first-order chi connectivity index (χ1) is 10.2. The number of ketones is 1.